The predicted octanol–water partition coefficient (Wildman–Crippen LogP) is 2.26. The average Bonchev–Trinajstić information content (AvgIpc) is 3.16. The maximum absolute atomic E-state index is 12.2. The molecular formula is C15H24N2O2S. The Morgan fingerprint density at radius 3 is 2.40 bits per heavy atom. The molecule has 1 aromatic rings. The lowest BCUT2D eigenvalue weighted by Gasteiger charge is -2.11. The van der Waals surface area contributed by atoms with Crippen LogP contribution in [-0.4, -0.2) is 21.5 Å². The van der Waals surface area contributed by atoms with Gasteiger partial charge in [0, 0.05) is 13.1 Å². The molecule has 5 heteroatoms. The van der Waals surface area contributed by atoms with Crippen LogP contribution in [0.2, 0.25) is 0 Å². The van der Waals surface area contributed by atoms with Crippen LogP contribution < -0.4 is 10.0 Å². The third kappa shape index (κ3) is 4.30. The van der Waals surface area contributed by atoms with Gasteiger partial charge in [-0.1, -0.05) is 26.0 Å². The molecule has 0 aromatic heterocycles. The van der Waals surface area contributed by atoms with Gasteiger partial charge in [-0.25, -0.2) is 13.1 Å². The largest absolute Gasteiger partial charge is 0.313 e. The zero-order valence-corrected chi connectivity index (χ0v) is 13.1. The minimum atomic E-state index is -3.37. The molecular weight excluding hydrogens is 272 g/mol. The Bertz CT molecular complexity index is 533. The van der Waals surface area contributed by atoms with Gasteiger partial charge in [-0.15, -0.1) is 0 Å². The van der Waals surface area contributed by atoms with Crippen LogP contribution >= 0.6 is 0 Å². The van der Waals surface area contributed by atoms with Gasteiger partial charge in [0.25, 0.3) is 0 Å². The van der Waals surface area contributed by atoms with E-state index in [1.807, 2.05) is 12.1 Å². The minimum absolute atomic E-state index is 0.178. The SMILES string of the molecule is CCCNCc1ccc(S(=O)(=O)NCC2(C)CC2)cc1. The summed E-state index contributed by atoms with van der Waals surface area (Å²) in [5, 5.41) is 3.30. The molecule has 0 heterocycles. The molecule has 0 radical (unpaired) electrons. The smallest absolute Gasteiger partial charge is 0.240 e. The van der Waals surface area contributed by atoms with Crippen molar-refractivity contribution in [2.24, 2.45) is 5.41 Å². The van der Waals surface area contributed by atoms with E-state index < -0.39 is 10.0 Å². The van der Waals surface area contributed by atoms with Crippen molar-refractivity contribution in [3.63, 3.8) is 0 Å². The third-order valence-electron chi connectivity index (χ3n) is 3.78. The van der Waals surface area contributed by atoms with Gasteiger partial charge in [-0.3, -0.25) is 0 Å². The van der Waals surface area contributed by atoms with Crippen LogP contribution in [0.4, 0.5) is 0 Å². The van der Waals surface area contributed by atoms with Gasteiger partial charge in [-0.2, -0.15) is 0 Å². The molecule has 1 saturated carbocycles. The molecule has 0 aliphatic heterocycles. The second kappa shape index (κ2) is 6.24. The first-order valence-corrected chi connectivity index (χ1v) is 8.73. The standard InChI is InChI=1S/C15H24N2O2S/c1-3-10-16-11-13-4-6-14(7-5-13)20(18,19)17-12-15(2)8-9-15/h4-7,16-17H,3,8-12H2,1-2H3. The summed E-state index contributed by atoms with van der Waals surface area (Å²) in [6.07, 6.45) is 3.31. The van der Waals surface area contributed by atoms with E-state index in [4.69, 9.17) is 0 Å². The Balaban J connectivity index is 1.93. The number of rotatable bonds is 8. The maximum atomic E-state index is 12.2. The van der Waals surface area contributed by atoms with E-state index in [1.165, 1.54) is 0 Å². The molecule has 112 valence electrons. The fraction of sp³-hybridized carbons (Fsp3) is 0.600. The summed E-state index contributed by atoms with van der Waals surface area (Å²) >= 11 is 0. The van der Waals surface area contributed by atoms with Crippen LogP contribution in [0.5, 0.6) is 0 Å². The summed E-state index contributed by atoms with van der Waals surface area (Å²) < 4.78 is 27.0. The quantitative estimate of drug-likeness (QED) is 0.724. The van der Waals surface area contributed by atoms with Gasteiger partial charge >= 0.3 is 0 Å². The Morgan fingerprint density at radius 2 is 1.85 bits per heavy atom. The molecule has 1 aliphatic carbocycles. The molecule has 2 N–H and O–H groups in total. The van der Waals surface area contributed by atoms with Crippen LogP contribution in [0.15, 0.2) is 29.2 Å². The molecule has 1 aliphatic rings. The van der Waals surface area contributed by atoms with Crippen molar-refractivity contribution in [3.8, 4) is 0 Å². The number of benzene rings is 1. The first kappa shape index (κ1) is 15.5. The summed E-state index contributed by atoms with van der Waals surface area (Å²) in [5.74, 6) is 0. The average molecular weight is 296 g/mol. The van der Waals surface area contributed by atoms with Gasteiger partial charge < -0.3 is 5.32 Å². The van der Waals surface area contributed by atoms with Gasteiger partial charge in [0.05, 0.1) is 4.90 Å². The lowest BCUT2D eigenvalue weighted by atomic mass is 10.2. The molecule has 20 heavy (non-hydrogen) atoms. The van der Waals surface area contributed by atoms with Gasteiger partial charge in [0.1, 0.15) is 0 Å². The molecule has 1 aromatic carbocycles. The maximum Gasteiger partial charge on any atom is 0.240 e. The Kier molecular flexibility index (Phi) is 4.83. The predicted molar refractivity (Wildman–Crippen MR) is 81.0 cm³/mol. The minimum Gasteiger partial charge on any atom is -0.313 e. The van der Waals surface area contributed by atoms with E-state index >= 15 is 0 Å². The van der Waals surface area contributed by atoms with E-state index in [9.17, 15) is 8.42 Å². The topological polar surface area (TPSA) is 58.2 Å². The number of hydrogen-bond donors (Lipinski definition) is 2. The first-order valence-electron chi connectivity index (χ1n) is 7.24. The molecule has 0 unspecified atom stereocenters. The monoisotopic (exact) mass is 296 g/mol. The van der Waals surface area contributed by atoms with Crippen molar-refractivity contribution in [2.75, 3.05) is 13.1 Å². The normalized spacial score (nSPS) is 17.1. The second-order valence-corrected chi connectivity index (χ2v) is 7.72. The van der Waals surface area contributed by atoms with E-state index in [-0.39, 0.29) is 5.41 Å². The molecule has 0 saturated heterocycles. The lowest BCUT2D eigenvalue weighted by molar-refractivity contribution is 0.530. The summed E-state index contributed by atoms with van der Waals surface area (Å²) in [7, 11) is -3.37. The fourth-order valence-corrected chi connectivity index (χ4v) is 3.14. The Labute approximate surface area is 122 Å². The van der Waals surface area contributed by atoms with E-state index in [2.05, 4.69) is 23.9 Å². The van der Waals surface area contributed by atoms with E-state index in [1.54, 1.807) is 12.1 Å². The van der Waals surface area contributed by atoms with Crippen LogP contribution in [0, 0.1) is 5.41 Å². The summed E-state index contributed by atoms with van der Waals surface area (Å²) in [4.78, 5) is 0.348. The second-order valence-electron chi connectivity index (χ2n) is 5.96. The fourth-order valence-electron chi connectivity index (χ4n) is 1.94. The molecule has 1 fully saturated rings. The van der Waals surface area contributed by atoms with Crippen molar-refractivity contribution < 1.29 is 8.42 Å². The highest BCUT2D eigenvalue weighted by atomic mass is 32.2. The Morgan fingerprint density at radius 1 is 1.20 bits per heavy atom. The molecule has 0 amide bonds. The molecule has 0 atom stereocenters. The first-order chi connectivity index (χ1) is 9.45. The van der Waals surface area contributed by atoms with Crippen molar-refractivity contribution in [1.29, 1.82) is 0 Å². The van der Waals surface area contributed by atoms with Crippen LogP contribution in [0.1, 0.15) is 38.7 Å². The zero-order valence-electron chi connectivity index (χ0n) is 12.3. The highest BCUT2D eigenvalue weighted by molar-refractivity contribution is 7.89. The van der Waals surface area contributed by atoms with Crippen molar-refractivity contribution in [2.45, 2.75) is 44.6 Å². The van der Waals surface area contributed by atoms with Gasteiger partial charge in [0.15, 0.2) is 0 Å². The summed E-state index contributed by atoms with van der Waals surface area (Å²) in [6.45, 7) is 6.52. The van der Waals surface area contributed by atoms with Crippen molar-refractivity contribution in [3.05, 3.63) is 29.8 Å². The molecule has 4 nitrogen and oxygen atoms in total. The van der Waals surface area contributed by atoms with Crippen LogP contribution in [-0.2, 0) is 16.6 Å². The number of hydrogen-bond acceptors (Lipinski definition) is 3. The number of sulfonamides is 1. The highest BCUT2D eigenvalue weighted by Crippen LogP contribution is 2.44. The Hall–Kier alpha value is -0.910. The lowest BCUT2D eigenvalue weighted by Crippen LogP contribution is -2.29. The van der Waals surface area contributed by atoms with E-state index in [0.29, 0.717) is 11.4 Å². The molecule has 0 bridgehead atoms. The van der Waals surface area contributed by atoms with Crippen molar-refractivity contribution >= 4 is 10.0 Å². The summed E-state index contributed by atoms with van der Waals surface area (Å²) in [6, 6.07) is 7.10. The number of nitrogens with one attached hydrogen (secondary N) is 2. The zero-order chi connectivity index (χ0) is 14.6. The third-order valence-corrected chi connectivity index (χ3v) is 5.20. The van der Waals surface area contributed by atoms with E-state index in [0.717, 1.165) is 37.9 Å². The van der Waals surface area contributed by atoms with Crippen LogP contribution in [0.25, 0.3) is 0 Å². The molecule has 0 spiro atoms. The molecule has 2 rings (SSSR count). The highest BCUT2D eigenvalue weighted by Gasteiger charge is 2.38. The van der Waals surface area contributed by atoms with Crippen LogP contribution in [0.3, 0.4) is 0 Å². The summed E-state index contributed by atoms with van der Waals surface area (Å²) in [5.41, 5.74) is 1.28. The van der Waals surface area contributed by atoms with Crippen molar-refractivity contribution in [1.82, 2.24) is 10.0 Å². The van der Waals surface area contributed by atoms with Gasteiger partial charge in [-0.05, 0) is 48.9 Å². The van der Waals surface area contributed by atoms with Gasteiger partial charge in [0.2, 0.25) is 10.0 Å².